The lowest BCUT2D eigenvalue weighted by molar-refractivity contribution is -0.147. The fraction of sp³-hybridized carbons (Fsp3) is 0.273. The number of amides is 4. The summed E-state index contributed by atoms with van der Waals surface area (Å²) in [6.07, 6.45) is -0.368. The van der Waals surface area contributed by atoms with Gasteiger partial charge in [-0.15, -0.1) is 0 Å². The molecule has 2 aromatic carbocycles. The average molecular weight is 491 g/mol. The fourth-order valence-electron chi connectivity index (χ4n) is 4.17. The smallest absolute Gasteiger partial charge is 0.349 e. The molecule has 0 aromatic heterocycles. The molecule has 6 radical (unpaired) electrons. The van der Waals surface area contributed by atoms with Crippen molar-refractivity contribution in [1.29, 1.82) is 0 Å². The van der Waals surface area contributed by atoms with Crippen LogP contribution >= 0.6 is 11.6 Å². The molecule has 2 N–H and O–H groups in total. The molecule has 0 spiro atoms. The molecular weight excluding hydrogens is 476 g/mol. The van der Waals surface area contributed by atoms with E-state index in [1.54, 1.807) is 0 Å². The number of hydrogen-bond donors (Lipinski definition) is 2. The summed E-state index contributed by atoms with van der Waals surface area (Å²) in [6, 6.07) is 7.49. The minimum atomic E-state index is -3.87. The van der Waals surface area contributed by atoms with Crippen molar-refractivity contribution in [2.75, 3.05) is 0 Å². The Hall–Kier alpha value is -3.14. The van der Waals surface area contributed by atoms with E-state index in [0.717, 1.165) is 17.0 Å². The number of hydrogen-bond acceptors (Lipinski definition) is 4. The summed E-state index contributed by atoms with van der Waals surface area (Å²) in [6.45, 7) is -0.0912. The Morgan fingerprint density at radius 3 is 2.46 bits per heavy atom. The van der Waals surface area contributed by atoms with Gasteiger partial charge in [-0.3, -0.25) is 24.5 Å². The molecule has 1 saturated heterocycles. The molecule has 2 aromatic rings. The lowest BCUT2D eigenvalue weighted by Gasteiger charge is -2.42. The second-order valence-electron chi connectivity index (χ2n) is 8.49. The Morgan fingerprint density at radius 2 is 1.83 bits per heavy atom. The van der Waals surface area contributed by atoms with E-state index in [1.807, 2.05) is 0 Å². The van der Waals surface area contributed by atoms with Crippen LogP contribution in [-0.2, 0) is 26.9 Å². The van der Waals surface area contributed by atoms with Crippen molar-refractivity contribution in [2.24, 2.45) is 0 Å². The SMILES string of the molecule is [B]C(NC(=O)C(F)(F)c1ccc(Cl)cc1)c1ccc2c(c1)CN(C1C(=O)NC(=O)CC1([B])[B])C2=O. The van der Waals surface area contributed by atoms with Crippen LogP contribution in [0.2, 0.25) is 10.2 Å². The summed E-state index contributed by atoms with van der Waals surface area (Å²) in [5, 5.41) is 2.64. The molecule has 1 fully saturated rings. The van der Waals surface area contributed by atoms with Gasteiger partial charge in [-0.25, -0.2) is 0 Å². The molecule has 172 valence electrons. The van der Waals surface area contributed by atoms with E-state index in [4.69, 9.17) is 35.1 Å². The second kappa shape index (κ2) is 8.82. The maximum Gasteiger partial charge on any atom is 0.349 e. The molecule has 7 nitrogen and oxygen atoms in total. The Bertz CT molecular complexity index is 1240. The number of imide groups is 1. The second-order valence-corrected chi connectivity index (χ2v) is 8.92. The number of nitrogens with one attached hydrogen (secondary N) is 2. The van der Waals surface area contributed by atoms with Crippen LogP contribution in [0, 0.1) is 0 Å². The van der Waals surface area contributed by atoms with Crippen molar-refractivity contribution in [3.63, 3.8) is 0 Å². The lowest BCUT2D eigenvalue weighted by atomic mass is 9.47. The highest BCUT2D eigenvalue weighted by Crippen LogP contribution is 2.38. The summed E-state index contributed by atoms with van der Waals surface area (Å²) >= 11 is 5.71. The molecule has 2 aliphatic rings. The molecule has 0 aliphatic carbocycles. The zero-order valence-electron chi connectivity index (χ0n) is 18.1. The predicted molar refractivity (Wildman–Crippen MR) is 124 cm³/mol. The summed E-state index contributed by atoms with van der Waals surface area (Å²) in [5.41, 5.74) is 0.327. The van der Waals surface area contributed by atoms with Crippen LogP contribution in [0.1, 0.15) is 39.4 Å². The third kappa shape index (κ3) is 4.59. The summed E-state index contributed by atoms with van der Waals surface area (Å²) in [4.78, 5) is 50.4. The zero-order chi connectivity index (χ0) is 25.7. The van der Waals surface area contributed by atoms with E-state index in [0.29, 0.717) is 5.56 Å². The van der Waals surface area contributed by atoms with Crippen molar-refractivity contribution >= 4 is 58.8 Å². The summed E-state index contributed by atoms with van der Waals surface area (Å²) < 4.78 is 29.1. The maximum absolute atomic E-state index is 14.6. The Morgan fingerprint density at radius 1 is 1.17 bits per heavy atom. The lowest BCUT2D eigenvalue weighted by Crippen LogP contribution is -2.60. The Balaban J connectivity index is 1.52. The molecule has 35 heavy (non-hydrogen) atoms. The van der Waals surface area contributed by atoms with E-state index < -0.39 is 52.3 Å². The molecule has 2 unspecified atom stereocenters. The number of rotatable bonds is 5. The van der Waals surface area contributed by atoms with Crippen LogP contribution in [0.3, 0.4) is 0 Å². The molecule has 2 heterocycles. The van der Waals surface area contributed by atoms with E-state index >= 15 is 0 Å². The number of benzene rings is 2. The number of piperidine rings is 1. The van der Waals surface area contributed by atoms with Gasteiger partial charge in [0.15, 0.2) is 0 Å². The average Bonchev–Trinajstić information content (AvgIpc) is 3.07. The summed E-state index contributed by atoms with van der Waals surface area (Å²) in [7, 11) is 17.9. The van der Waals surface area contributed by atoms with Gasteiger partial charge >= 0.3 is 5.92 Å². The minimum Gasteiger partial charge on any atom is -0.352 e. The van der Waals surface area contributed by atoms with Crippen molar-refractivity contribution in [3.8, 4) is 0 Å². The normalized spacial score (nSPS) is 20.3. The van der Waals surface area contributed by atoms with Gasteiger partial charge in [-0.1, -0.05) is 41.1 Å². The number of halogens is 3. The molecule has 0 bridgehead atoms. The minimum absolute atomic E-state index is 0.0912. The van der Waals surface area contributed by atoms with Crippen LogP contribution in [0.5, 0.6) is 0 Å². The first-order valence-electron chi connectivity index (χ1n) is 10.4. The van der Waals surface area contributed by atoms with E-state index in [-0.39, 0.29) is 29.1 Å². The van der Waals surface area contributed by atoms with Crippen LogP contribution < -0.4 is 10.6 Å². The topological polar surface area (TPSA) is 95.6 Å². The molecule has 0 saturated carbocycles. The van der Waals surface area contributed by atoms with Gasteiger partial charge < -0.3 is 10.2 Å². The zero-order valence-corrected chi connectivity index (χ0v) is 18.8. The third-order valence-electron chi connectivity index (χ3n) is 5.90. The highest BCUT2D eigenvalue weighted by Gasteiger charge is 2.48. The van der Waals surface area contributed by atoms with Gasteiger partial charge in [0, 0.05) is 35.1 Å². The van der Waals surface area contributed by atoms with E-state index in [1.165, 1.54) is 30.3 Å². The molecular formula is C22H15B3ClF2N3O4. The predicted octanol–water partition coefficient (Wildman–Crippen LogP) is 1.24. The van der Waals surface area contributed by atoms with Gasteiger partial charge in [0.2, 0.25) is 11.8 Å². The third-order valence-corrected chi connectivity index (χ3v) is 6.15. The van der Waals surface area contributed by atoms with Crippen molar-refractivity contribution in [1.82, 2.24) is 15.5 Å². The molecule has 2 aliphatic heterocycles. The fourth-order valence-corrected chi connectivity index (χ4v) is 4.30. The van der Waals surface area contributed by atoms with Gasteiger partial charge in [0.25, 0.3) is 11.8 Å². The van der Waals surface area contributed by atoms with Crippen molar-refractivity contribution in [3.05, 3.63) is 69.7 Å². The largest absolute Gasteiger partial charge is 0.352 e. The van der Waals surface area contributed by atoms with Crippen molar-refractivity contribution < 1.29 is 28.0 Å². The van der Waals surface area contributed by atoms with E-state index in [9.17, 15) is 28.0 Å². The van der Waals surface area contributed by atoms with Gasteiger partial charge in [0.05, 0.1) is 15.7 Å². The number of fused-ring (bicyclic) bond motifs is 1. The highest BCUT2D eigenvalue weighted by molar-refractivity contribution is 6.44. The molecule has 13 heteroatoms. The van der Waals surface area contributed by atoms with Crippen molar-refractivity contribution in [2.45, 2.75) is 36.1 Å². The maximum atomic E-state index is 14.6. The number of carbonyl (C=O) groups is 4. The monoisotopic (exact) mass is 491 g/mol. The molecule has 4 amide bonds. The first-order chi connectivity index (χ1) is 16.3. The molecule has 4 rings (SSSR count). The molecule has 2 atom stereocenters. The van der Waals surface area contributed by atoms with Crippen LogP contribution in [0.4, 0.5) is 8.78 Å². The van der Waals surface area contributed by atoms with Crippen LogP contribution in [-0.4, -0.2) is 58.1 Å². The first kappa shape index (κ1) is 25.0. The van der Waals surface area contributed by atoms with Gasteiger partial charge in [-0.2, -0.15) is 8.78 Å². The number of nitrogens with zero attached hydrogens (tertiary/aromatic N) is 1. The van der Waals surface area contributed by atoms with Gasteiger partial charge in [0.1, 0.15) is 13.9 Å². The van der Waals surface area contributed by atoms with Crippen LogP contribution in [0.25, 0.3) is 0 Å². The Kier molecular flexibility index (Phi) is 6.29. The van der Waals surface area contributed by atoms with E-state index in [2.05, 4.69) is 10.6 Å². The first-order valence-corrected chi connectivity index (χ1v) is 10.7. The quantitative estimate of drug-likeness (QED) is 0.486. The number of alkyl halides is 2. The Labute approximate surface area is 208 Å². The number of carbonyl (C=O) groups excluding carboxylic acids is 4. The summed E-state index contributed by atoms with van der Waals surface area (Å²) in [5.74, 6) is -8.82. The standard InChI is InChI=1S/C22H15B3ClF2N3O4/c23-17(30-20(35)22(27,28)12-2-4-13(26)5-3-12)10-1-6-14-11(7-10)9-31(19(14)34)16-18(33)29-15(32)8-21(16,24)25/h1-7,16-17H,8-9H2,(H,30,35)(H,29,32,33). The highest BCUT2D eigenvalue weighted by atomic mass is 35.5. The van der Waals surface area contributed by atoms with Crippen LogP contribution in [0.15, 0.2) is 42.5 Å². The van der Waals surface area contributed by atoms with Gasteiger partial charge in [-0.05, 0) is 29.3 Å².